The van der Waals surface area contributed by atoms with Crippen LogP contribution in [0.4, 0.5) is 0 Å². The first-order valence-corrected chi connectivity index (χ1v) is 6.15. The van der Waals surface area contributed by atoms with Crippen LogP contribution in [0.5, 0.6) is 0 Å². The molecule has 0 atom stereocenters. The minimum Gasteiger partial charge on any atom is -0.399 e. The summed E-state index contributed by atoms with van der Waals surface area (Å²) in [6.07, 6.45) is 4.68. The van der Waals surface area contributed by atoms with Gasteiger partial charge < -0.3 is 9.31 Å². The third kappa shape index (κ3) is 2.24. The molecule has 0 radical (unpaired) electrons. The third-order valence-corrected chi connectivity index (χ3v) is 3.75. The molecule has 1 aliphatic rings. The monoisotopic (exact) mass is 233 g/mol. The van der Waals surface area contributed by atoms with Gasteiger partial charge in [0.05, 0.1) is 11.2 Å². The molecule has 2 rings (SSSR count). The van der Waals surface area contributed by atoms with Crippen molar-refractivity contribution in [2.75, 3.05) is 0 Å². The van der Waals surface area contributed by atoms with Crippen LogP contribution in [0.25, 0.3) is 0 Å². The van der Waals surface area contributed by atoms with E-state index in [1.807, 2.05) is 12.4 Å². The van der Waals surface area contributed by atoms with Crippen molar-refractivity contribution in [3.8, 4) is 0 Å². The lowest BCUT2D eigenvalue weighted by molar-refractivity contribution is 0.00578. The van der Waals surface area contributed by atoms with Crippen LogP contribution < -0.4 is 5.46 Å². The first-order valence-electron chi connectivity index (χ1n) is 6.15. The Kier molecular flexibility index (Phi) is 3.04. The van der Waals surface area contributed by atoms with Crippen molar-refractivity contribution in [2.24, 2.45) is 0 Å². The van der Waals surface area contributed by atoms with Gasteiger partial charge in [0.15, 0.2) is 0 Å². The molecule has 1 saturated heterocycles. The molecule has 0 aliphatic carbocycles. The Morgan fingerprint density at radius 2 is 1.71 bits per heavy atom. The molecule has 0 aromatic carbocycles. The quantitative estimate of drug-likeness (QED) is 0.731. The molecule has 3 nitrogen and oxygen atoms in total. The van der Waals surface area contributed by atoms with Gasteiger partial charge in [0, 0.05) is 17.9 Å². The van der Waals surface area contributed by atoms with Crippen molar-refractivity contribution in [1.29, 1.82) is 0 Å². The predicted molar refractivity (Wildman–Crippen MR) is 69.3 cm³/mol. The zero-order valence-corrected chi connectivity index (χ0v) is 11.3. The van der Waals surface area contributed by atoms with Crippen molar-refractivity contribution in [2.45, 2.75) is 52.2 Å². The van der Waals surface area contributed by atoms with E-state index < -0.39 is 0 Å². The lowest BCUT2D eigenvalue weighted by Crippen LogP contribution is -2.41. The summed E-state index contributed by atoms with van der Waals surface area (Å²) in [7, 11) is -0.306. The maximum absolute atomic E-state index is 5.99. The van der Waals surface area contributed by atoms with Crippen LogP contribution in [-0.4, -0.2) is 23.3 Å². The molecule has 0 N–H and O–H groups in total. The minimum atomic E-state index is -0.306. The number of hydrogen-bond donors (Lipinski definition) is 0. The van der Waals surface area contributed by atoms with Crippen molar-refractivity contribution >= 4 is 12.6 Å². The van der Waals surface area contributed by atoms with E-state index >= 15 is 0 Å². The summed E-state index contributed by atoms with van der Waals surface area (Å²) in [5, 5.41) is 0. The molecule has 4 heteroatoms. The van der Waals surface area contributed by atoms with E-state index in [0.29, 0.717) is 0 Å². The molecule has 2 heterocycles. The number of hydrogen-bond acceptors (Lipinski definition) is 3. The molecule has 0 spiro atoms. The fraction of sp³-hybridized carbons (Fsp3) is 0.615. The Bertz CT molecular complexity index is 402. The van der Waals surface area contributed by atoms with E-state index in [9.17, 15) is 0 Å². The molecule has 1 aromatic rings. The molecular formula is C13H20BNO2. The second kappa shape index (κ2) is 4.11. The molecule has 17 heavy (non-hydrogen) atoms. The van der Waals surface area contributed by atoms with Gasteiger partial charge in [-0.15, -0.1) is 0 Å². The molecule has 1 fully saturated rings. The van der Waals surface area contributed by atoms with E-state index in [1.165, 1.54) is 5.56 Å². The molecule has 0 unspecified atom stereocenters. The molecule has 1 aromatic heterocycles. The highest BCUT2D eigenvalue weighted by Gasteiger charge is 2.51. The van der Waals surface area contributed by atoms with Crippen LogP contribution in [0.1, 0.15) is 40.2 Å². The highest BCUT2D eigenvalue weighted by Crippen LogP contribution is 2.36. The van der Waals surface area contributed by atoms with Gasteiger partial charge in [-0.2, -0.15) is 0 Å². The maximum Gasteiger partial charge on any atom is 0.496 e. The van der Waals surface area contributed by atoms with E-state index in [4.69, 9.17) is 9.31 Å². The number of aryl methyl sites for hydroxylation is 1. The van der Waals surface area contributed by atoms with Gasteiger partial charge in [-0.3, -0.25) is 4.98 Å². The Hall–Kier alpha value is -0.865. The van der Waals surface area contributed by atoms with E-state index in [2.05, 4.69) is 45.7 Å². The Balaban J connectivity index is 2.25. The first-order chi connectivity index (χ1) is 7.86. The van der Waals surface area contributed by atoms with Crippen molar-refractivity contribution < 1.29 is 9.31 Å². The molecule has 0 amide bonds. The van der Waals surface area contributed by atoms with Crippen LogP contribution >= 0.6 is 0 Å². The summed E-state index contributed by atoms with van der Waals surface area (Å²) >= 11 is 0. The van der Waals surface area contributed by atoms with Gasteiger partial charge in [-0.1, -0.05) is 13.0 Å². The van der Waals surface area contributed by atoms with Crippen LogP contribution in [0, 0.1) is 0 Å². The van der Waals surface area contributed by atoms with Crippen LogP contribution in [0.2, 0.25) is 0 Å². The Morgan fingerprint density at radius 3 is 2.24 bits per heavy atom. The zero-order chi connectivity index (χ0) is 12.7. The van der Waals surface area contributed by atoms with Crippen molar-refractivity contribution in [1.82, 2.24) is 4.98 Å². The van der Waals surface area contributed by atoms with Gasteiger partial charge >= 0.3 is 7.12 Å². The fourth-order valence-corrected chi connectivity index (χ4v) is 1.81. The smallest absolute Gasteiger partial charge is 0.399 e. The largest absolute Gasteiger partial charge is 0.496 e. The van der Waals surface area contributed by atoms with Gasteiger partial charge in [0.2, 0.25) is 0 Å². The molecular weight excluding hydrogens is 213 g/mol. The van der Waals surface area contributed by atoms with Crippen LogP contribution in [0.3, 0.4) is 0 Å². The number of nitrogens with zero attached hydrogens (tertiary/aromatic N) is 1. The van der Waals surface area contributed by atoms with Gasteiger partial charge in [-0.05, 0) is 39.7 Å². The Labute approximate surface area is 104 Å². The van der Waals surface area contributed by atoms with E-state index in [-0.39, 0.29) is 18.3 Å². The fourth-order valence-electron chi connectivity index (χ4n) is 1.81. The summed E-state index contributed by atoms with van der Waals surface area (Å²) < 4.78 is 12.0. The third-order valence-electron chi connectivity index (χ3n) is 3.75. The summed E-state index contributed by atoms with van der Waals surface area (Å²) in [5.74, 6) is 0. The Morgan fingerprint density at radius 1 is 1.12 bits per heavy atom. The molecule has 0 saturated carbocycles. The second-order valence-electron chi connectivity index (χ2n) is 5.57. The number of rotatable bonds is 2. The summed E-state index contributed by atoms with van der Waals surface area (Å²) in [6, 6.07) is 2.11. The van der Waals surface area contributed by atoms with Gasteiger partial charge in [0.1, 0.15) is 0 Å². The normalized spacial score (nSPS) is 21.8. The topological polar surface area (TPSA) is 31.4 Å². The minimum absolute atomic E-state index is 0.292. The number of aromatic nitrogens is 1. The SMILES string of the molecule is CCc1cncc(B2OC(C)(C)C(C)(C)O2)c1. The average Bonchev–Trinajstić information content (AvgIpc) is 2.48. The zero-order valence-electron chi connectivity index (χ0n) is 11.3. The molecule has 92 valence electrons. The highest BCUT2D eigenvalue weighted by molar-refractivity contribution is 6.62. The summed E-state index contributed by atoms with van der Waals surface area (Å²) in [4.78, 5) is 4.24. The van der Waals surface area contributed by atoms with Gasteiger partial charge in [-0.25, -0.2) is 0 Å². The number of pyridine rings is 1. The van der Waals surface area contributed by atoms with Crippen molar-refractivity contribution in [3.05, 3.63) is 24.0 Å². The second-order valence-corrected chi connectivity index (χ2v) is 5.57. The highest BCUT2D eigenvalue weighted by atomic mass is 16.7. The average molecular weight is 233 g/mol. The lowest BCUT2D eigenvalue weighted by Gasteiger charge is -2.32. The van der Waals surface area contributed by atoms with Gasteiger partial charge in [0.25, 0.3) is 0 Å². The maximum atomic E-state index is 5.99. The summed E-state index contributed by atoms with van der Waals surface area (Å²) in [6.45, 7) is 10.4. The van der Waals surface area contributed by atoms with E-state index in [0.717, 1.165) is 11.9 Å². The standard InChI is InChI=1S/C13H20BNO2/c1-6-10-7-11(9-15-8-10)14-16-12(2,3)13(4,5)17-14/h7-9H,6H2,1-5H3. The summed E-state index contributed by atoms with van der Waals surface area (Å²) in [5.41, 5.74) is 1.62. The van der Waals surface area contributed by atoms with Crippen molar-refractivity contribution in [3.63, 3.8) is 0 Å². The van der Waals surface area contributed by atoms with Crippen LogP contribution in [-0.2, 0) is 15.7 Å². The lowest BCUT2D eigenvalue weighted by atomic mass is 9.79. The molecule has 0 bridgehead atoms. The van der Waals surface area contributed by atoms with Crippen LogP contribution in [0.15, 0.2) is 18.5 Å². The predicted octanol–water partition coefficient (Wildman–Crippen LogP) is 1.94. The first kappa shape index (κ1) is 12.6. The molecule has 1 aliphatic heterocycles. The van der Waals surface area contributed by atoms with E-state index in [1.54, 1.807) is 0 Å².